The van der Waals surface area contributed by atoms with Gasteiger partial charge in [0.25, 0.3) is 0 Å². The van der Waals surface area contributed by atoms with E-state index >= 15 is 0 Å². The Bertz CT molecular complexity index is 905. The first-order valence-corrected chi connectivity index (χ1v) is 6.66. The van der Waals surface area contributed by atoms with Gasteiger partial charge < -0.3 is 10.3 Å². The fraction of sp³-hybridized carbons (Fsp3) is 0. The summed E-state index contributed by atoms with van der Waals surface area (Å²) in [5, 5.41) is 4.51. The van der Waals surface area contributed by atoms with Crippen LogP contribution < -0.4 is 5.73 Å². The zero-order chi connectivity index (χ0) is 14.2. The highest BCUT2D eigenvalue weighted by molar-refractivity contribution is 5.59. The average molecular weight is 275 g/mol. The van der Waals surface area contributed by atoms with Gasteiger partial charge in [0.05, 0.1) is 17.6 Å². The van der Waals surface area contributed by atoms with E-state index < -0.39 is 0 Å². The highest BCUT2D eigenvalue weighted by Gasteiger charge is 2.11. The zero-order valence-electron chi connectivity index (χ0n) is 11.2. The second kappa shape index (κ2) is 4.49. The molecule has 0 aliphatic carbocycles. The lowest BCUT2D eigenvalue weighted by atomic mass is 10.3. The first-order valence-electron chi connectivity index (χ1n) is 6.66. The van der Waals surface area contributed by atoms with Crippen molar-refractivity contribution in [3.05, 3.63) is 67.0 Å². The van der Waals surface area contributed by atoms with E-state index in [4.69, 9.17) is 5.73 Å². The molecule has 0 radical (unpaired) electrons. The van der Waals surface area contributed by atoms with Crippen LogP contribution in [0.4, 0.5) is 5.69 Å². The number of hydrogen-bond donors (Lipinski definition) is 1. The van der Waals surface area contributed by atoms with Crippen LogP contribution in [0.2, 0.25) is 0 Å². The Morgan fingerprint density at radius 2 is 1.76 bits per heavy atom. The van der Waals surface area contributed by atoms with Gasteiger partial charge in [0.1, 0.15) is 0 Å². The third-order valence-corrected chi connectivity index (χ3v) is 3.37. The molecule has 0 saturated heterocycles. The molecule has 0 bridgehead atoms. The van der Waals surface area contributed by atoms with Crippen LogP contribution in [-0.4, -0.2) is 19.2 Å². The Morgan fingerprint density at radius 3 is 2.62 bits per heavy atom. The van der Waals surface area contributed by atoms with Crippen LogP contribution in [0.25, 0.3) is 22.9 Å². The minimum atomic E-state index is 0.664. The molecule has 2 N–H and O–H groups in total. The number of anilines is 1. The topological polar surface area (TPSA) is 61.1 Å². The number of pyridine rings is 1. The fourth-order valence-corrected chi connectivity index (χ4v) is 2.38. The van der Waals surface area contributed by atoms with Crippen molar-refractivity contribution in [3.8, 4) is 17.2 Å². The van der Waals surface area contributed by atoms with Crippen molar-refractivity contribution in [1.29, 1.82) is 0 Å². The molecule has 0 atom stereocenters. The fourth-order valence-electron chi connectivity index (χ4n) is 2.38. The molecule has 21 heavy (non-hydrogen) atoms. The van der Waals surface area contributed by atoms with Crippen LogP contribution in [0.5, 0.6) is 0 Å². The van der Waals surface area contributed by atoms with Crippen molar-refractivity contribution in [1.82, 2.24) is 19.2 Å². The number of hydrogen-bond acceptors (Lipinski definition) is 3. The maximum Gasteiger partial charge on any atom is 0.199 e. The molecular formula is C16H13N5. The van der Waals surface area contributed by atoms with Gasteiger partial charge in [-0.3, -0.25) is 0 Å². The highest BCUT2D eigenvalue weighted by Crippen LogP contribution is 2.21. The molecule has 0 saturated carbocycles. The molecule has 0 unspecified atom stereocenters. The monoisotopic (exact) mass is 275 g/mol. The van der Waals surface area contributed by atoms with E-state index in [-0.39, 0.29) is 0 Å². The summed E-state index contributed by atoms with van der Waals surface area (Å²) < 4.78 is 3.77. The van der Waals surface area contributed by atoms with Gasteiger partial charge in [-0.2, -0.15) is 0 Å². The third-order valence-electron chi connectivity index (χ3n) is 3.37. The van der Waals surface area contributed by atoms with Crippen LogP contribution >= 0.6 is 0 Å². The first kappa shape index (κ1) is 11.7. The van der Waals surface area contributed by atoms with Gasteiger partial charge in [0.15, 0.2) is 11.5 Å². The van der Waals surface area contributed by atoms with Gasteiger partial charge in [-0.05, 0) is 36.4 Å². The Labute approximate surface area is 121 Å². The quantitative estimate of drug-likeness (QED) is 0.612. The van der Waals surface area contributed by atoms with E-state index in [0.29, 0.717) is 11.5 Å². The van der Waals surface area contributed by atoms with E-state index in [1.54, 1.807) is 10.7 Å². The second-order valence-corrected chi connectivity index (χ2v) is 4.80. The Kier molecular flexibility index (Phi) is 2.50. The molecule has 4 rings (SSSR count). The lowest BCUT2D eigenvalue weighted by Crippen LogP contribution is -1.96. The molecule has 3 heterocycles. The summed E-state index contributed by atoms with van der Waals surface area (Å²) in [4.78, 5) is 4.56. The van der Waals surface area contributed by atoms with Gasteiger partial charge in [0.2, 0.25) is 0 Å². The normalized spacial score (nSPS) is 11.0. The SMILES string of the molecule is Nc1ccc2nc(-c3cccn3-c3ccccc3)nn2c1. The van der Waals surface area contributed by atoms with Crippen molar-refractivity contribution in [2.75, 3.05) is 5.73 Å². The third kappa shape index (κ3) is 1.95. The lowest BCUT2D eigenvalue weighted by molar-refractivity contribution is 0.956. The smallest absolute Gasteiger partial charge is 0.199 e. The predicted molar refractivity (Wildman–Crippen MR) is 82.2 cm³/mol. The largest absolute Gasteiger partial charge is 0.397 e. The van der Waals surface area contributed by atoms with Gasteiger partial charge in [-0.25, -0.2) is 9.50 Å². The summed E-state index contributed by atoms with van der Waals surface area (Å²) in [6, 6.07) is 17.8. The molecule has 0 aliphatic heterocycles. The Hall–Kier alpha value is -3.08. The standard InChI is InChI=1S/C16H13N5/c17-12-8-9-15-18-16(19-21(15)11-12)14-7-4-10-20(14)13-5-2-1-3-6-13/h1-11H,17H2. The molecule has 0 fully saturated rings. The van der Waals surface area contributed by atoms with Crippen LogP contribution in [-0.2, 0) is 0 Å². The maximum atomic E-state index is 5.78. The van der Waals surface area contributed by atoms with Gasteiger partial charge in [0, 0.05) is 11.9 Å². The molecule has 5 nitrogen and oxygen atoms in total. The summed E-state index contributed by atoms with van der Waals surface area (Å²) in [5.74, 6) is 0.675. The molecule has 1 aromatic carbocycles. The number of rotatable bonds is 2. The molecule has 0 amide bonds. The van der Waals surface area contributed by atoms with Gasteiger partial charge in [-0.1, -0.05) is 18.2 Å². The molecule has 3 aromatic heterocycles. The van der Waals surface area contributed by atoms with E-state index in [1.165, 1.54) is 0 Å². The van der Waals surface area contributed by atoms with Crippen LogP contribution in [0.1, 0.15) is 0 Å². The molecule has 0 spiro atoms. The number of fused-ring (bicyclic) bond motifs is 1. The minimum Gasteiger partial charge on any atom is -0.397 e. The second-order valence-electron chi connectivity index (χ2n) is 4.80. The predicted octanol–water partition coefficient (Wildman–Crippen LogP) is 2.77. The molecule has 0 aliphatic rings. The maximum absolute atomic E-state index is 5.78. The Morgan fingerprint density at radius 1 is 0.905 bits per heavy atom. The van der Waals surface area contributed by atoms with Crippen molar-refractivity contribution in [2.24, 2.45) is 0 Å². The molecule has 102 valence electrons. The number of aromatic nitrogens is 4. The summed E-state index contributed by atoms with van der Waals surface area (Å²) in [7, 11) is 0. The summed E-state index contributed by atoms with van der Waals surface area (Å²) in [6.45, 7) is 0. The number of nitrogen functional groups attached to an aromatic ring is 1. The van der Waals surface area contributed by atoms with Crippen molar-refractivity contribution in [2.45, 2.75) is 0 Å². The van der Waals surface area contributed by atoms with Crippen LogP contribution in [0.3, 0.4) is 0 Å². The minimum absolute atomic E-state index is 0.664. The van der Waals surface area contributed by atoms with Crippen molar-refractivity contribution in [3.63, 3.8) is 0 Å². The number of nitrogens with zero attached hydrogens (tertiary/aromatic N) is 4. The average Bonchev–Trinajstić information content (AvgIpc) is 3.13. The lowest BCUT2D eigenvalue weighted by Gasteiger charge is -2.06. The van der Waals surface area contributed by atoms with E-state index in [1.807, 2.05) is 48.7 Å². The zero-order valence-corrected chi connectivity index (χ0v) is 11.2. The van der Waals surface area contributed by atoms with E-state index in [9.17, 15) is 0 Å². The highest BCUT2D eigenvalue weighted by atomic mass is 15.3. The van der Waals surface area contributed by atoms with Crippen molar-refractivity contribution >= 4 is 11.3 Å². The number of nitrogens with two attached hydrogens (primary N) is 1. The first-order chi connectivity index (χ1) is 10.3. The number of para-hydroxylation sites is 1. The number of benzene rings is 1. The van der Waals surface area contributed by atoms with Gasteiger partial charge >= 0.3 is 0 Å². The van der Waals surface area contributed by atoms with E-state index in [0.717, 1.165) is 17.0 Å². The van der Waals surface area contributed by atoms with Crippen molar-refractivity contribution < 1.29 is 0 Å². The summed E-state index contributed by atoms with van der Waals surface area (Å²) in [6.07, 6.45) is 3.77. The van der Waals surface area contributed by atoms with E-state index in [2.05, 4.69) is 26.8 Å². The molecule has 4 aromatic rings. The molecular weight excluding hydrogens is 262 g/mol. The molecule has 5 heteroatoms. The summed E-state index contributed by atoms with van der Waals surface area (Å²) >= 11 is 0. The van der Waals surface area contributed by atoms with Gasteiger partial charge in [-0.15, -0.1) is 5.10 Å². The Balaban J connectivity index is 1.88. The van der Waals surface area contributed by atoms with Crippen LogP contribution in [0.15, 0.2) is 67.0 Å². The summed E-state index contributed by atoms with van der Waals surface area (Å²) in [5.41, 5.74) is 9.25. The van der Waals surface area contributed by atoms with Crippen LogP contribution in [0, 0.1) is 0 Å².